The van der Waals surface area contributed by atoms with Crippen molar-refractivity contribution in [3.05, 3.63) is 89.7 Å². The molecule has 0 bridgehead atoms. The van der Waals surface area contributed by atoms with E-state index in [1.165, 1.54) is 23.1 Å². The zero-order valence-corrected chi connectivity index (χ0v) is 18.1. The largest absolute Gasteiger partial charge is 0.333 e. The van der Waals surface area contributed by atoms with Crippen LogP contribution in [-0.2, 0) is 0 Å². The number of hydrogen-bond acceptors (Lipinski definition) is 5. The van der Waals surface area contributed by atoms with Gasteiger partial charge < -0.3 is 9.88 Å². The number of benzene rings is 2. The Kier molecular flexibility index (Phi) is 5.34. The van der Waals surface area contributed by atoms with E-state index in [2.05, 4.69) is 4.98 Å². The van der Waals surface area contributed by atoms with Crippen molar-refractivity contribution in [2.24, 2.45) is 0 Å². The Morgan fingerprint density at radius 3 is 2.61 bits per heavy atom. The van der Waals surface area contributed by atoms with Crippen molar-refractivity contribution in [2.45, 2.75) is 6.92 Å². The maximum absolute atomic E-state index is 13.1. The van der Waals surface area contributed by atoms with Crippen molar-refractivity contribution in [3.63, 3.8) is 0 Å². The second-order valence-electron chi connectivity index (χ2n) is 6.93. The van der Waals surface area contributed by atoms with Crippen molar-refractivity contribution in [2.75, 3.05) is 11.9 Å². The molecule has 1 N–H and O–H groups in total. The fraction of sp³-hybridized carbons (Fsp3) is 0.0909. The molecule has 0 saturated heterocycles. The number of thiophene rings is 1. The Balaban J connectivity index is 1.84. The number of aromatic nitrogens is 2. The third-order valence-corrected chi connectivity index (χ3v) is 6.23. The summed E-state index contributed by atoms with van der Waals surface area (Å²) in [5.41, 5.74) is 0.779. The first kappa shape index (κ1) is 20.8. The van der Waals surface area contributed by atoms with Gasteiger partial charge in [0.15, 0.2) is 6.29 Å². The van der Waals surface area contributed by atoms with Crippen LogP contribution in [-0.4, -0.2) is 28.8 Å². The molecule has 9 heteroatoms. The molecule has 4 rings (SSSR count). The van der Waals surface area contributed by atoms with Crippen molar-refractivity contribution in [3.8, 4) is 5.69 Å². The number of aldehydes is 1. The number of anilines is 1. The van der Waals surface area contributed by atoms with Crippen LogP contribution in [0.25, 0.3) is 16.6 Å². The number of fused-ring (bicyclic) bond motifs is 1. The first-order valence-electron chi connectivity index (χ1n) is 9.19. The van der Waals surface area contributed by atoms with E-state index in [9.17, 15) is 19.2 Å². The standard InChI is InChI=1S/C22H16ClN3O4S/c1-12-5-3-7-14(9-12)25(2)20(28)17-10-16(19(23)31-17)26-21(29)18-13(11-27)6-4-8-15(18)24-22(26)30/h3-11H,1-2H3,(H,24,30). The van der Waals surface area contributed by atoms with Crippen molar-refractivity contribution < 1.29 is 9.59 Å². The summed E-state index contributed by atoms with van der Waals surface area (Å²) < 4.78 is 0.953. The molecule has 0 aliphatic rings. The zero-order chi connectivity index (χ0) is 22.3. The highest BCUT2D eigenvalue weighted by Gasteiger charge is 2.22. The fourth-order valence-corrected chi connectivity index (χ4v) is 4.57. The fourth-order valence-electron chi connectivity index (χ4n) is 3.34. The van der Waals surface area contributed by atoms with Crippen LogP contribution in [0.3, 0.4) is 0 Å². The minimum atomic E-state index is -0.716. The quantitative estimate of drug-likeness (QED) is 0.476. The summed E-state index contributed by atoms with van der Waals surface area (Å²) in [6, 6.07) is 13.5. The zero-order valence-electron chi connectivity index (χ0n) is 16.5. The Labute approximate surface area is 185 Å². The van der Waals surface area contributed by atoms with Gasteiger partial charge in [0.05, 0.1) is 21.5 Å². The number of nitrogens with one attached hydrogen (secondary N) is 1. The Hall–Kier alpha value is -3.49. The molecule has 156 valence electrons. The van der Waals surface area contributed by atoms with E-state index in [-0.39, 0.29) is 37.3 Å². The molecule has 31 heavy (non-hydrogen) atoms. The highest BCUT2D eigenvalue weighted by atomic mass is 35.5. The normalized spacial score (nSPS) is 10.9. The predicted octanol–water partition coefficient (Wildman–Crippen LogP) is 3.79. The summed E-state index contributed by atoms with van der Waals surface area (Å²) >= 11 is 7.30. The van der Waals surface area contributed by atoms with Crippen molar-refractivity contribution in [1.82, 2.24) is 9.55 Å². The van der Waals surface area contributed by atoms with Crippen LogP contribution in [0.5, 0.6) is 0 Å². The van der Waals surface area contributed by atoms with E-state index in [1.54, 1.807) is 19.2 Å². The monoisotopic (exact) mass is 453 g/mol. The Bertz CT molecular complexity index is 1470. The van der Waals surface area contributed by atoms with Crippen LogP contribution >= 0.6 is 22.9 Å². The smallest absolute Gasteiger partial charge is 0.311 e. The van der Waals surface area contributed by atoms with Gasteiger partial charge in [-0.2, -0.15) is 0 Å². The van der Waals surface area contributed by atoms with E-state index in [0.717, 1.165) is 21.5 Å². The molecule has 0 unspecified atom stereocenters. The molecule has 0 atom stereocenters. The summed E-state index contributed by atoms with van der Waals surface area (Å²) in [6.45, 7) is 1.92. The van der Waals surface area contributed by atoms with E-state index in [4.69, 9.17) is 11.6 Å². The number of H-pyrrole nitrogens is 1. The third-order valence-electron chi connectivity index (χ3n) is 4.90. The minimum absolute atomic E-state index is 0.0733. The first-order valence-corrected chi connectivity index (χ1v) is 10.4. The summed E-state index contributed by atoms with van der Waals surface area (Å²) in [6.07, 6.45) is 0.549. The molecule has 0 fully saturated rings. The topological polar surface area (TPSA) is 92.2 Å². The predicted molar refractivity (Wildman–Crippen MR) is 122 cm³/mol. The molecule has 2 aromatic carbocycles. The van der Waals surface area contributed by atoms with Crippen molar-refractivity contribution >= 4 is 51.7 Å². The maximum Gasteiger partial charge on any atom is 0.333 e. The number of amides is 1. The summed E-state index contributed by atoms with van der Waals surface area (Å²) in [7, 11) is 1.63. The number of nitrogens with zero attached hydrogens (tertiary/aromatic N) is 2. The molecule has 0 aliphatic carbocycles. The third kappa shape index (κ3) is 3.60. The second-order valence-corrected chi connectivity index (χ2v) is 8.59. The molecular weight excluding hydrogens is 438 g/mol. The molecule has 2 heterocycles. The number of aromatic amines is 1. The molecule has 4 aromatic rings. The lowest BCUT2D eigenvalue weighted by Gasteiger charge is -2.16. The summed E-state index contributed by atoms with van der Waals surface area (Å²) in [5.74, 6) is -0.331. The van der Waals surface area contributed by atoms with Gasteiger partial charge in [0.1, 0.15) is 4.34 Å². The first-order chi connectivity index (χ1) is 14.8. The molecule has 1 amide bonds. The number of halogens is 1. The van der Waals surface area contributed by atoms with Crippen LogP contribution in [0.15, 0.2) is 58.1 Å². The Morgan fingerprint density at radius 1 is 1.16 bits per heavy atom. The van der Waals surface area contributed by atoms with Crippen LogP contribution in [0.2, 0.25) is 4.34 Å². The van der Waals surface area contributed by atoms with Gasteiger partial charge in [0, 0.05) is 18.3 Å². The molecule has 7 nitrogen and oxygen atoms in total. The van der Waals surface area contributed by atoms with Crippen LogP contribution in [0.1, 0.15) is 25.6 Å². The molecule has 2 aromatic heterocycles. The highest BCUT2D eigenvalue weighted by molar-refractivity contribution is 7.18. The lowest BCUT2D eigenvalue weighted by Crippen LogP contribution is -2.34. The van der Waals surface area contributed by atoms with Crippen LogP contribution in [0, 0.1) is 6.92 Å². The van der Waals surface area contributed by atoms with Gasteiger partial charge >= 0.3 is 5.69 Å². The van der Waals surface area contributed by atoms with E-state index >= 15 is 0 Å². The van der Waals surface area contributed by atoms with Gasteiger partial charge in [-0.25, -0.2) is 9.36 Å². The average molecular weight is 454 g/mol. The van der Waals surface area contributed by atoms with Crippen molar-refractivity contribution in [1.29, 1.82) is 0 Å². The van der Waals surface area contributed by atoms with Gasteiger partial charge in [0.25, 0.3) is 11.5 Å². The molecule has 0 radical (unpaired) electrons. The molecule has 0 spiro atoms. The van der Waals surface area contributed by atoms with E-state index in [1.807, 2.05) is 25.1 Å². The van der Waals surface area contributed by atoms with Gasteiger partial charge in [-0.05, 0) is 36.8 Å². The number of rotatable bonds is 4. The lowest BCUT2D eigenvalue weighted by atomic mass is 10.1. The van der Waals surface area contributed by atoms with Gasteiger partial charge in [-0.15, -0.1) is 11.3 Å². The summed E-state index contributed by atoms with van der Waals surface area (Å²) in [5, 5.41) is 0.0733. The SMILES string of the molecule is Cc1cccc(N(C)C(=O)c2cc(-n3c(=O)[nH]c4cccc(C=O)c4c3=O)c(Cl)s2)c1. The Morgan fingerprint density at radius 2 is 1.90 bits per heavy atom. The van der Waals surface area contributed by atoms with E-state index < -0.39 is 11.2 Å². The number of carbonyl (C=O) groups is 2. The second kappa shape index (κ2) is 7.98. The van der Waals surface area contributed by atoms with Gasteiger partial charge in [-0.3, -0.25) is 14.4 Å². The van der Waals surface area contributed by atoms with E-state index in [0.29, 0.717) is 12.0 Å². The average Bonchev–Trinajstić information content (AvgIpc) is 3.13. The van der Waals surface area contributed by atoms with Crippen LogP contribution < -0.4 is 16.1 Å². The lowest BCUT2D eigenvalue weighted by molar-refractivity contribution is 0.0996. The molecular formula is C22H16ClN3O4S. The number of aryl methyl sites for hydroxylation is 1. The maximum atomic E-state index is 13.1. The van der Waals surface area contributed by atoms with Gasteiger partial charge in [-0.1, -0.05) is 35.9 Å². The highest BCUT2D eigenvalue weighted by Crippen LogP contribution is 2.31. The molecule has 0 saturated carbocycles. The van der Waals surface area contributed by atoms with Gasteiger partial charge in [0.2, 0.25) is 0 Å². The molecule has 0 aliphatic heterocycles. The number of carbonyl (C=O) groups excluding carboxylic acids is 2. The van der Waals surface area contributed by atoms with Crippen LogP contribution in [0.4, 0.5) is 5.69 Å². The number of hydrogen-bond donors (Lipinski definition) is 1. The summed E-state index contributed by atoms with van der Waals surface area (Å²) in [4.78, 5) is 54.4. The minimum Gasteiger partial charge on any atom is -0.311 e.